The zero-order valence-corrected chi connectivity index (χ0v) is 18.3. The first kappa shape index (κ1) is 19.6. The lowest BCUT2D eigenvalue weighted by Gasteiger charge is -2.33. The van der Waals surface area contributed by atoms with Gasteiger partial charge in [0.1, 0.15) is 11.5 Å². The molecule has 2 N–H and O–H groups in total. The third kappa shape index (κ3) is 3.85. The minimum absolute atomic E-state index is 0.572. The van der Waals surface area contributed by atoms with Crippen molar-refractivity contribution in [2.75, 3.05) is 43.4 Å². The van der Waals surface area contributed by atoms with Crippen LogP contribution in [-0.2, 0) is 6.54 Å². The summed E-state index contributed by atoms with van der Waals surface area (Å²) < 4.78 is 1.90. The molecule has 5 aromatic heterocycles. The Balaban J connectivity index is 1.15. The van der Waals surface area contributed by atoms with Crippen LogP contribution in [-0.4, -0.2) is 72.4 Å². The molecule has 10 heteroatoms. The first-order valence-electron chi connectivity index (χ1n) is 11.0. The molecule has 0 aromatic carbocycles. The number of hydrogen-bond donors (Lipinski definition) is 2. The molecule has 1 fully saturated rings. The number of nitrogens with one attached hydrogen (secondary N) is 2. The number of piperazine rings is 1. The van der Waals surface area contributed by atoms with Gasteiger partial charge in [0, 0.05) is 92.6 Å². The van der Waals surface area contributed by atoms with Crippen molar-refractivity contribution in [1.29, 1.82) is 0 Å². The van der Waals surface area contributed by atoms with E-state index >= 15 is 0 Å². The quantitative estimate of drug-likeness (QED) is 0.430. The number of fused-ring (bicyclic) bond motifs is 2. The number of nitrogens with zero attached hydrogens (tertiary/aromatic N) is 8. The normalized spacial score (nSPS) is 14.9. The smallest absolute Gasteiger partial charge is 0.233 e. The fraction of sp³-hybridized carbons (Fsp3) is 0.261. The molecule has 5 aromatic rings. The maximum Gasteiger partial charge on any atom is 0.233 e. The van der Waals surface area contributed by atoms with Gasteiger partial charge in [0.2, 0.25) is 11.7 Å². The number of aromatic nitrogens is 7. The summed E-state index contributed by atoms with van der Waals surface area (Å²) in [4.78, 5) is 30.3. The number of anilines is 2. The van der Waals surface area contributed by atoms with Crippen molar-refractivity contribution in [3.05, 3.63) is 61.1 Å². The number of hydrogen-bond acceptors (Lipinski definition) is 8. The molecule has 166 valence electrons. The van der Waals surface area contributed by atoms with E-state index in [9.17, 15) is 0 Å². The molecule has 0 amide bonds. The molecule has 0 saturated carbocycles. The first-order chi connectivity index (χ1) is 16.2. The largest absolute Gasteiger partial charge is 0.354 e. The van der Waals surface area contributed by atoms with E-state index in [1.54, 1.807) is 6.20 Å². The molecular formula is C23H24N10. The van der Waals surface area contributed by atoms with E-state index in [1.165, 1.54) is 0 Å². The number of rotatable bonds is 5. The van der Waals surface area contributed by atoms with E-state index < -0.39 is 0 Å². The van der Waals surface area contributed by atoms with E-state index in [2.05, 4.69) is 64.2 Å². The van der Waals surface area contributed by atoms with Crippen LogP contribution in [0.1, 0.15) is 5.56 Å². The van der Waals surface area contributed by atoms with Gasteiger partial charge >= 0.3 is 0 Å². The zero-order chi connectivity index (χ0) is 22.2. The van der Waals surface area contributed by atoms with Crippen molar-refractivity contribution in [2.24, 2.45) is 0 Å². The first-order valence-corrected chi connectivity index (χ1v) is 11.0. The Morgan fingerprint density at radius 3 is 2.76 bits per heavy atom. The molecule has 0 bridgehead atoms. The minimum atomic E-state index is 0.572. The van der Waals surface area contributed by atoms with Crippen LogP contribution in [0.3, 0.4) is 0 Å². The third-order valence-corrected chi connectivity index (χ3v) is 6.08. The summed E-state index contributed by atoms with van der Waals surface area (Å²) in [5.41, 5.74) is 3.84. The van der Waals surface area contributed by atoms with Crippen LogP contribution in [0.2, 0.25) is 0 Å². The molecule has 6 rings (SSSR count). The molecule has 1 saturated heterocycles. The second-order valence-corrected chi connectivity index (χ2v) is 8.30. The number of H-pyrrole nitrogens is 1. The number of likely N-dealkylation sites (N-methyl/N-ethyl adjacent to an activating group) is 1. The van der Waals surface area contributed by atoms with Crippen molar-refractivity contribution in [3.8, 4) is 11.1 Å². The Morgan fingerprint density at radius 2 is 1.91 bits per heavy atom. The van der Waals surface area contributed by atoms with E-state index in [0.29, 0.717) is 18.3 Å². The summed E-state index contributed by atoms with van der Waals surface area (Å²) in [6.45, 7) is 4.77. The lowest BCUT2D eigenvalue weighted by molar-refractivity contribution is 0.312. The van der Waals surface area contributed by atoms with Crippen molar-refractivity contribution in [2.45, 2.75) is 6.54 Å². The van der Waals surface area contributed by atoms with Crippen LogP contribution in [0.5, 0.6) is 0 Å². The maximum atomic E-state index is 4.65. The van der Waals surface area contributed by atoms with Gasteiger partial charge in [-0.2, -0.15) is 4.98 Å². The SMILES string of the molecule is CN1CCN(c2ccc(CNc3ncc4c(-c5cnc6nccn6c5)c[nH]c4n3)cn2)CC1. The van der Waals surface area contributed by atoms with E-state index in [-0.39, 0.29) is 0 Å². The van der Waals surface area contributed by atoms with Crippen LogP contribution >= 0.6 is 0 Å². The van der Waals surface area contributed by atoms with E-state index in [0.717, 1.165) is 59.7 Å². The van der Waals surface area contributed by atoms with Gasteiger partial charge in [-0.15, -0.1) is 0 Å². The predicted molar refractivity (Wildman–Crippen MR) is 127 cm³/mol. The van der Waals surface area contributed by atoms with Gasteiger partial charge in [-0.25, -0.2) is 19.9 Å². The van der Waals surface area contributed by atoms with E-state index in [4.69, 9.17) is 0 Å². The molecular weight excluding hydrogens is 416 g/mol. The molecule has 0 aliphatic carbocycles. The van der Waals surface area contributed by atoms with Crippen molar-refractivity contribution < 1.29 is 0 Å². The average molecular weight is 441 g/mol. The summed E-state index contributed by atoms with van der Waals surface area (Å²) in [5.74, 6) is 2.28. The van der Waals surface area contributed by atoms with Gasteiger partial charge in [0.15, 0.2) is 0 Å². The summed E-state index contributed by atoms with van der Waals surface area (Å²) in [7, 11) is 2.16. The molecule has 0 atom stereocenters. The van der Waals surface area contributed by atoms with Gasteiger partial charge in [0.25, 0.3) is 0 Å². The van der Waals surface area contributed by atoms with Gasteiger partial charge in [-0.1, -0.05) is 6.07 Å². The number of pyridine rings is 1. The van der Waals surface area contributed by atoms with E-state index in [1.807, 2.05) is 41.6 Å². The van der Waals surface area contributed by atoms with Crippen LogP contribution < -0.4 is 10.2 Å². The molecule has 0 unspecified atom stereocenters. The zero-order valence-electron chi connectivity index (χ0n) is 18.3. The molecule has 1 aliphatic rings. The summed E-state index contributed by atoms with van der Waals surface area (Å²) >= 11 is 0. The van der Waals surface area contributed by atoms with Gasteiger partial charge in [-0.3, -0.25) is 4.40 Å². The highest BCUT2D eigenvalue weighted by molar-refractivity contribution is 5.93. The van der Waals surface area contributed by atoms with Crippen molar-refractivity contribution >= 4 is 28.6 Å². The topological polar surface area (TPSA) is 103 Å². The second-order valence-electron chi connectivity index (χ2n) is 8.30. The Hall–Kier alpha value is -4.05. The molecule has 10 nitrogen and oxygen atoms in total. The highest BCUT2D eigenvalue weighted by Gasteiger charge is 2.15. The Bertz CT molecular complexity index is 1400. The monoisotopic (exact) mass is 440 g/mol. The predicted octanol–water partition coefficient (Wildman–Crippen LogP) is 2.43. The lowest BCUT2D eigenvalue weighted by Crippen LogP contribution is -2.44. The van der Waals surface area contributed by atoms with Crippen LogP contribution in [0.15, 0.2) is 55.5 Å². The Morgan fingerprint density at radius 1 is 1.00 bits per heavy atom. The van der Waals surface area contributed by atoms with Crippen molar-refractivity contribution in [1.82, 2.24) is 39.2 Å². The number of imidazole rings is 1. The number of aromatic amines is 1. The van der Waals surface area contributed by atoms with Gasteiger partial charge in [0.05, 0.1) is 0 Å². The van der Waals surface area contributed by atoms with Crippen LogP contribution in [0.25, 0.3) is 27.9 Å². The van der Waals surface area contributed by atoms with Crippen LogP contribution in [0, 0.1) is 0 Å². The summed E-state index contributed by atoms with van der Waals surface area (Å²) in [5, 5.41) is 4.24. The average Bonchev–Trinajstić information content (AvgIpc) is 3.50. The van der Waals surface area contributed by atoms with Gasteiger partial charge in [-0.05, 0) is 18.7 Å². The Labute approximate surface area is 190 Å². The molecule has 0 radical (unpaired) electrons. The highest BCUT2D eigenvalue weighted by Crippen LogP contribution is 2.27. The second kappa shape index (κ2) is 8.14. The summed E-state index contributed by atoms with van der Waals surface area (Å²) in [6, 6.07) is 4.20. The molecule has 6 heterocycles. The summed E-state index contributed by atoms with van der Waals surface area (Å²) in [6.07, 6.45) is 13.1. The standard InChI is InChI=1S/C23H24N10/c1-31-6-8-32(9-7-31)20-3-2-16(10-25-20)11-27-22-28-14-19-18(13-26-21(19)30-22)17-12-29-23-24-4-5-33(23)15-17/h2-5,10,12-15H,6-9,11H2,1H3,(H2,26,27,28,30). The third-order valence-electron chi connectivity index (χ3n) is 6.08. The van der Waals surface area contributed by atoms with Gasteiger partial charge < -0.3 is 20.1 Å². The fourth-order valence-electron chi connectivity index (χ4n) is 4.11. The van der Waals surface area contributed by atoms with Crippen LogP contribution in [0.4, 0.5) is 11.8 Å². The fourth-order valence-corrected chi connectivity index (χ4v) is 4.11. The molecule has 0 spiro atoms. The Kier molecular flexibility index (Phi) is 4.84. The lowest BCUT2D eigenvalue weighted by atomic mass is 10.1. The maximum absolute atomic E-state index is 4.65. The highest BCUT2D eigenvalue weighted by atomic mass is 15.3. The van der Waals surface area contributed by atoms with Crippen molar-refractivity contribution in [3.63, 3.8) is 0 Å². The molecule has 33 heavy (non-hydrogen) atoms. The molecule has 1 aliphatic heterocycles. The minimum Gasteiger partial charge on any atom is -0.354 e.